The minimum atomic E-state index is -0.497. The fourth-order valence-electron chi connectivity index (χ4n) is 2.70. The monoisotopic (exact) mass is 318 g/mol. The largest absolute Gasteiger partial charge is 0.394 e. The number of aliphatic hydroxyl groups excluding tert-OH is 2. The molecular formula is C18H38O2S. The van der Waals surface area contributed by atoms with Crippen LogP contribution in [0.5, 0.6) is 0 Å². The van der Waals surface area contributed by atoms with Crippen LogP contribution in [-0.4, -0.2) is 28.7 Å². The van der Waals surface area contributed by atoms with Gasteiger partial charge in [0.05, 0.1) is 12.7 Å². The lowest BCUT2D eigenvalue weighted by atomic mass is 10.0. The summed E-state index contributed by atoms with van der Waals surface area (Å²) < 4.78 is 0. The van der Waals surface area contributed by atoms with Crippen molar-refractivity contribution in [2.24, 2.45) is 0 Å². The fraction of sp³-hybridized carbons (Fsp3) is 1.00. The summed E-state index contributed by atoms with van der Waals surface area (Å²) in [6.07, 6.45) is 19.0. The Morgan fingerprint density at radius 1 is 0.571 bits per heavy atom. The van der Waals surface area contributed by atoms with Crippen LogP contribution in [0, 0.1) is 0 Å². The van der Waals surface area contributed by atoms with Crippen molar-refractivity contribution in [2.75, 3.05) is 12.4 Å². The molecule has 0 radical (unpaired) electrons. The van der Waals surface area contributed by atoms with Gasteiger partial charge in [-0.25, -0.2) is 0 Å². The van der Waals surface area contributed by atoms with Crippen molar-refractivity contribution in [1.29, 1.82) is 0 Å². The average Bonchev–Trinajstić information content (AvgIpc) is 2.50. The second-order valence-corrected chi connectivity index (χ2v) is 6.75. The molecule has 0 rings (SSSR count). The summed E-state index contributed by atoms with van der Waals surface area (Å²) in [5.41, 5.74) is 0. The van der Waals surface area contributed by atoms with Crippen molar-refractivity contribution in [1.82, 2.24) is 0 Å². The second-order valence-electron chi connectivity index (χ2n) is 6.30. The van der Waals surface area contributed by atoms with E-state index < -0.39 is 6.10 Å². The van der Waals surface area contributed by atoms with E-state index in [1.54, 1.807) is 0 Å². The predicted octanol–water partition coefficient (Wildman–Crippen LogP) is 5.12. The summed E-state index contributed by atoms with van der Waals surface area (Å²) in [4.78, 5) is 0. The molecule has 0 heterocycles. The highest BCUT2D eigenvalue weighted by Gasteiger charge is 2.00. The van der Waals surface area contributed by atoms with Gasteiger partial charge in [-0.2, -0.15) is 12.6 Å². The molecule has 1 unspecified atom stereocenters. The molecular weight excluding hydrogens is 280 g/mol. The average molecular weight is 319 g/mol. The van der Waals surface area contributed by atoms with Crippen molar-refractivity contribution < 1.29 is 10.2 Å². The molecule has 0 aromatic rings. The van der Waals surface area contributed by atoms with Crippen molar-refractivity contribution in [3.05, 3.63) is 0 Å². The number of unbranched alkanes of at least 4 members (excludes halogenated alkanes) is 13. The molecule has 0 aromatic carbocycles. The van der Waals surface area contributed by atoms with Crippen LogP contribution in [0.1, 0.15) is 96.3 Å². The van der Waals surface area contributed by atoms with E-state index in [9.17, 15) is 5.11 Å². The molecule has 3 heteroatoms. The van der Waals surface area contributed by atoms with Gasteiger partial charge in [-0.15, -0.1) is 0 Å². The molecule has 0 aliphatic heterocycles. The first-order chi connectivity index (χ1) is 10.3. The van der Waals surface area contributed by atoms with Gasteiger partial charge in [-0.3, -0.25) is 0 Å². The molecule has 0 aliphatic rings. The minimum Gasteiger partial charge on any atom is -0.394 e. The molecule has 0 amide bonds. The van der Waals surface area contributed by atoms with Gasteiger partial charge < -0.3 is 10.2 Å². The highest BCUT2D eigenvalue weighted by atomic mass is 32.1. The molecule has 0 bridgehead atoms. The van der Waals surface area contributed by atoms with Gasteiger partial charge in [0.25, 0.3) is 0 Å². The lowest BCUT2D eigenvalue weighted by molar-refractivity contribution is 0.0860. The molecule has 0 aromatic heterocycles. The van der Waals surface area contributed by atoms with Gasteiger partial charge >= 0.3 is 0 Å². The number of hydrogen-bond donors (Lipinski definition) is 3. The van der Waals surface area contributed by atoms with E-state index >= 15 is 0 Å². The van der Waals surface area contributed by atoms with E-state index in [1.807, 2.05) is 0 Å². The van der Waals surface area contributed by atoms with Crippen molar-refractivity contribution in [2.45, 2.75) is 102 Å². The fourth-order valence-corrected chi connectivity index (χ4v) is 2.93. The zero-order valence-corrected chi connectivity index (χ0v) is 14.8. The predicted molar refractivity (Wildman–Crippen MR) is 96.2 cm³/mol. The number of thiol groups is 1. The maximum Gasteiger partial charge on any atom is 0.0770 e. The maximum absolute atomic E-state index is 9.21. The molecule has 21 heavy (non-hydrogen) atoms. The van der Waals surface area contributed by atoms with Crippen molar-refractivity contribution in [3.63, 3.8) is 0 Å². The van der Waals surface area contributed by atoms with Crippen molar-refractivity contribution in [3.8, 4) is 0 Å². The van der Waals surface area contributed by atoms with E-state index in [2.05, 4.69) is 12.6 Å². The standard InChI is InChI=1S/C18H38O2S/c19-17-18(20)15-13-11-9-7-5-3-1-2-4-6-8-10-12-14-16-21/h18-21H,1-17H2. The van der Waals surface area contributed by atoms with Crippen LogP contribution in [-0.2, 0) is 0 Å². The van der Waals surface area contributed by atoms with Gasteiger partial charge in [0, 0.05) is 0 Å². The zero-order valence-electron chi connectivity index (χ0n) is 13.9. The third-order valence-electron chi connectivity index (χ3n) is 4.16. The molecule has 2 N–H and O–H groups in total. The Balaban J connectivity index is 2.96. The number of aliphatic hydroxyl groups is 2. The highest BCUT2D eigenvalue weighted by molar-refractivity contribution is 7.80. The van der Waals surface area contributed by atoms with Gasteiger partial charge in [0.2, 0.25) is 0 Å². The van der Waals surface area contributed by atoms with Gasteiger partial charge in [-0.1, -0.05) is 83.5 Å². The molecule has 128 valence electrons. The second kappa shape index (κ2) is 18.3. The lowest BCUT2D eigenvalue weighted by Gasteiger charge is -2.06. The Labute approximate surface area is 138 Å². The number of hydrogen-bond acceptors (Lipinski definition) is 3. The zero-order chi connectivity index (χ0) is 15.6. The van der Waals surface area contributed by atoms with E-state index in [-0.39, 0.29) is 6.61 Å². The van der Waals surface area contributed by atoms with Gasteiger partial charge in [0.15, 0.2) is 0 Å². The number of rotatable bonds is 17. The first-order valence-electron chi connectivity index (χ1n) is 9.21. The molecule has 0 saturated heterocycles. The van der Waals surface area contributed by atoms with Crippen LogP contribution in [0.25, 0.3) is 0 Å². The Kier molecular flexibility index (Phi) is 18.6. The maximum atomic E-state index is 9.21. The normalized spacial score (nSPS) is 12.7. The molecule has 2 nitrogen and oxygen atoms in total. The SMILES string of the molecule is OCC(O)CCCCCCCCCCCCCCCCS. The van der Waals surface area contributed by atoms with Gasteiger partial charge in [-0.05, 0) is 18.6 Å². The molecule has 1 atom stereocenters. The van der Waals surface area contributed by atoms with Crippen LogP contribution >= 0.6 is 12.6 Å². The Morgan fingerprint density at radius 2 is 0.905 bits per heavy atom. The summed E-state index contributed by atoms with van der Waals surface area (Å²) >= 11 is 4.23. The quantitative estimate of drug-likeness (QED) is 0.257. The van der Waals surface area contributed by atoms with Crippen LogP contribution < -0.4 is 0 Å². The van der Waals surface area contributed by atoms with E-state index in [1.165, 1.54) is 83.5 Å². The Hall–Kier alpha value is 0.270. The van der Waals surface area contributed by atoms with Gasteiger partial charge in [0.1, 0.15) is 0 Å². The van der Waals surface area contributed by atoms with Crippen LogP contribution in [0.2, 0.25) is 0 Å². The smallest absolute Gasteiger partial charge is 0.0770 e. The molecule has 0 aliphatic carbocycles. The van der Waals surface area contributed by atoms with E-state index in [0.717, 1.165) is 18.6 Å². The summed E-state index contributed by atoms with van der Waals surface area (Å²) in [5.74, 6) is 1.04. The summed E-state index contributed by atoms with van der Waals surface area (Å²) in [7, 11) is 0. The first-order valence-corrected chi connectivity index (χ1v) is 9.84. The summed E-state index contributed by atoms with van der Waals surface area (Å²) in [6.45, 7) is -0.0881. The van der Waals surface area contributed by atoms with Crippen LogP contribution in [0.4, 0.5) is 0 Å². The third kappa shape index (κ3) is 18.2. The Bertz CT molecular complexity index is 188. The Morgan fingerprint density at radius 3 is 1.24 bits per heavy atom. The van der Waals surface area contributed by atoms with Crippen molar-refractivity contribution >= 4 is 12.6 Å². The molecule has 0 fully saturated rings. The third-order valence-corrected chi connectivity index (χ3v) is 4.47. The molecule has 0 spiro atoms. The topological polar surface area (TPSA) is 40.5 Å². The molecule has 0 saturated carbocycles. The highest BCUT2D eigenvalue weighted by Crippen LogP contribution is 2.13. The first kappa shape index (κ1) is 21.3. The summed E-state index contributed by atoms with van der Waals surface area (Å²) in [5, 5.41) is 17.9. The van der Waals surface area contributed by atoms with Crippen LogP contribution in [0.3, 0.4) is 0 Å². The lowest BCUT2D eigenvalue weighted by Crippen LogP contribution is -2.10. The van der Waals surface area contributed by atoms with E-state index in [4.69, 9.17) is 5.11 Å². The summed E-state index contributed by atoms with van der Waals surface area (Å²) in [6, 6.07) is 0. The minimum absolute atomic E-state index is 0.0881. The van der Waals surface area contributed by atoms with Crippen LogP contribution in [0.15, 0.2) is 0 Å². The van der Waals surface area contributed by atoms with E-state index in [0.29, 0.717) is 0 Å².